The lowest BCUT2D eigenvalue weighted by Gasteiger charge is -2.31. The fourth-order valence-electron chi connectivity index (χ4n) is 2.83. The summed E-state index contributed by atoms with van der Waals surface area (Å²) in [5.41, 5.74) is 6.19. The third-order valence-corrected chi connectivity index (χ3v) is 4.23. The molecule has 3 N–H and O–H groups in total. The van der Waals surface area contributed by atoms with E-state index >= 15 is 0 Å². The van der Waals surface area contributed by atoms with Crippen LogP contribution in [0.2, 0.25) is 0 Å². The van der Waals surface area contributed by atoms with Gasteiger partial charge in [0.25, 0.3) is 0 Å². The quantitative estimate of drug-likeness (QED) is 0.706. The first-order valence-corrected chi connectivity index (χ1v) is 6.30. The van der Waals surface area contributed by atoms with Crippen LogP contribution in [0.1, 0.15) is 51.4 Å². The molecule has 2 fully saturated rings. The molecule has 2 rings (SSSR count). The van der Waals surface area contributed by atoms with Gasteiger partial charge in [-0.05, 0) is 31.7 Å². The smallest absolute Gasteiger partial charge is 0.0304 e. The van der Waals surface area contributed by atoms with Gasteiger partial charge in [-0.1, -0.05) is 32.1 Å². The molecule has 0 spiro atoms. The molecule has 2 heteroatoms. The molecule has 0 amide bonds. The molecule has 2 saturated carbocycles. The van der Waals surface area contributed by atoms with Crippen LogP contribution in [0.25, 0.3) is 0 Å². The Morgan fingerprint density at radius 3 is 2.36 bits per heavy atom. The summed E-state index contributed by atoms with van der Waals surface area (Å²) < 4.78 is 0. The minimum atomic E-state index is 0.323. The molecule has 0 radical (unpaired) electrons. The summed E-state index contributed by atoms with van der Waals surface area (Å²) in [5, 5.41) is 3.72. The van der Waals surface area contributed by atoms with Gasteiger partial charge < -0.3 is 11.1 Å². The summed E-state index contributed by atoms with van der Waals surface area (Å²) in [6.45, 7) is 2.03. The lowest BCUT2D eigenvalue weighted by atomic mass is 9.83. The van der Waals surface area contributed by atoms with Crippen LogP contribution in [0, 0.1) is 5.92 Å². The monoisotopic (exact) mass is 196 g/mol. The normalized spacial score (nSPS) is 26.4. The third-order valence-electron chi connectivity index (χ3n) is 4.23. The van der Waals surface area contributed by atoms with Gasteiger partial charge in [0, 0.05) is 12.1 Å². The van der Waals surface area contributed by atoms with E-state index in [2.05, 4.69) is 5.32 Å². The van der Waals surface area contributed by atoms with E-state index in [0.717, 1.165) is 12.5 Å². The Morgan fingerprint density at radius 2 is 1.86 bits per heavy atom. The van der Waals surface area contributed by atoms with Crippen molar-refractivity contribution in [2.45, 2.75) is 56.9 Å². The zero-order valence-corrected chi connectivity index (χ0v) is 9.23. The number of rotatable bonds is 5. The Hall–Kier alpha value is -0.0800. The van der Waals surface area contributed by atoms with E-state index in [0.29, 0.717) is 5.54 Å². The predicted octanol–water partition coefficient (Wildman–Crippen LogP) is 2.04. The van der Waals surface area contributed by atoms with Crippen molar-refractivity contribution in [1.82, 2.24) is 5.32 Å². The molecule has 0 saturated heterocycles. The summed E-state index contributed by atoms with van der Waals surface area (Å²) in [5.74, 6) is 1.03. The summed E-state index contributed by atoms with van der Waals surface area (Å²) in [4.78, 5) is 0. The highest BCUT2D eigenvalue weighted by Crippen LogP contribution is 2.31. The largest absolute Gasteiger partial charge is 0.329 e. The van der Waals surface area contributed by atoms with Crippen LogP contribution in [0.5, 0.6) is 0 Å². The average Bonchev–Trinajstić information content (AvgIpc) is 2.59. The minimum absolute atomic E-state index is 0.323. The fraction of sp³-hybridized carbons (Fsp3) is 1.00. The fourth-order valence-corrected chi connectivity index (χ4v) is 2.83. The third kappa shape index (κ3) is 2.29. The molecule has 0 aromatic carbocycles. The highest BCUT2D eigenvalue weighted by atomic mass is 15.0. The van der Waals surface area contributed by atoms with Crippen LogP contribution >= 0.6 is 0 Å². The molecule has 2 nitrogen and oxygen atoms in total. The maximum atomic E-state index is 5.87. The van der Waals surface area contributed by atoms with Crippen LogP contribution in [-0.4, -0.2) is 18.6 Å². The van der Waals surface area contributed by atoms with Gasteiger partial charge in [0.05, 0.1) is 0 Å². The zero-order valence-electron chi connectivity index (χ0n) is 9.23. The predicted molar refractivity (Wildman–Crippen MR) is 60.2 cm³/mol. The highest BCUT2D eigenvalue weighted by Gasteiger charge is 2.31. The molecular weight excluding hydrogens is 172 g/mol. The number of hydrogen-bond acceptors (Lipinski definition) is 2. The first-order chi connectivity index (χ1) is 6.85. The van der Waals surface area contributed by atoms with Crippen LogP contribution < -0.4 is 11.1 Å². The maximum absolute atomic E-state index is 5.87. The number of nitrogens with two attached hydrogens (primary N) is 1. The highest BCUT2D eigenvalue weighted by molar-refractivity contribution is 4.93. The van der Waals surface area contributed by atoms with Crippen molar-refractivity contribution in [2.75, 3.05) is 13.1 Å². The van der Waals surface area contributed by atoms with E-state index in [1.807, 2.05) is 0 Å². The topological polar surface area (TPSA) is 38.0 Å². The van der Waals surface area contributed by atoms with Crippen LogP contribution in [0.4, 0.5) is 0 Å². The summed E-state index contributed by atoms with van der Waals surface area (Å²) >= 11 is 0. The van der Waals surface area contributed by atoms with Crippen molar-refractivity contribution in [3.8, 4) is 0 Å². The van der Waals surface area contributed by atoms with Crippen molar-refractivity contribution in [1.29, 1.82) is 0 Å². The second kappa shape index (κ2) is 4.63. The van der Waals surface area contributed by atoms with Crippen molar-refractivity contribution in [3.05, 3.63) is 0 Å². The molecule has 0 aliphatic heterocycles. The van der Waals surface area contributed by atoms with Gasteiger partial charge >= 0.3 is 0 Å². The van der Waals surface area contributed by atoms with Crippen molar-refractivity contribution >= 4 is 0 Å². The van der Waals surface area contributed by atoms with E-state index in [9.17, 15) is 0 Å². The van der Waals surface area contributed by atoms with Crippen LogP contribution in [0.3, 0.4) is 0 Å². The standard InChI is InChI=1S/C12H24N2/c13-10-12(7-1-2-8-12)14-9-6-11-4-3-5-11/h11,14H,1-10,13H2. The van der Waals surface area contributed by atoms with Crippen molar-refractivity contribution < 1.29 is 0 Å². The molecule has 14 heavy (non-hydrogen) atoms. The molecule has 0 heterocycles. The number of hydrogen-bond donors (Lipinski definition) is 2. The molecule has 2 aliphatic rings. The lowest BCUT2D eigenvalue weighted by molar-refractivity contribution is 0.265. The van der Waals surface area contributed by atoms with Gasteiger partial charge in [0.15, 0.2) is 0 Å². The maximum Gasteiger partial charge on any atom is 0.0304 e. The summed E-state index contributed by atoms with van der Waals surface area (Å²) in [7, 11) is 0. The first-order valence-electron chi connectivity index (χ1n) is 6.30. The molecule has 0 aromatic rings. The Morgan fingerprint density at radius 1 is 1.14 bits per heavy atom. The van der Waals surface area contributed by atoms with E-state index < -0.39 is 0 Å². The van der Waals surface area contributed by atoms with Gasteiger partial charge in [0.1, 0.15) is 0 Å². The van der Waals surface area contributed by atoms with Gasteiger partial charge in [-0.15, -0.1) is 0 Å². The van der Waals surface area contributed by atoms with Gasteiger partial charge in [0.2, 0.25) is 0 Å². The van der Waals surface area contributed by atoms with E-state index in [1.54, 1.807) is 0 Å². The van der Waals surface area contributed by atoms with Gasteiger partial charge in [-0.2, -0.15) is 0 Å². The first kappa shape index (κ1) is 10.4. The second-order valence-electron chi connectivity index (χ2n) is 5.20. The van der Waals surface area contributed by atoms with Crippen LogP contribution in [-0.2, 0) is 0 Å². The molecule has 2 aliphatic carbocycles. The SMILES string of the molecule is NCC1(NCCC2CCC2)CCCC1. The Labute approximate surface area is 87.6 Å². The van der Waals surface area contributed by atoms with Crippen molar-refractivity contribution in [2.24, 2.45) is 11.7 Å². The number of nitrogens with one attached hydrogen (secondary N) is 1. The Bertz CT molecular complexity index is 169. The Balaban J connectivity index is 1.66. The molecular formula is C12H24N2. The Kier molecular flexibility index (Phi) is 3.45. The minimum Gasteiger partial charge on any atom is -0.329 e. The zero-order chi connectivity index (χ0) is 9.86. The van der Waals surface area contributed by atoms with Crippen LogP contribution in [0.15, 0.2) is 0 Å². The molecule has 0 unspecified atom stereocenters. The average molecular weight is 196 g/mol. The van der Waals surface area contributed by atoms with Gasteiger partial charge in [-0.25, -0.2) is 0 Å². The van der Waals surface area contributed by atoms with E-state index in [1.165, 1.54) is 57.9 Å². The second-order valence-corrected chi connectivity index (χ2v) is 5.20. The molecule has 0 aromatic heterocycles. The molecule has 82 valence electrons. The molecule has 0 atom stereocenters. The van der Waals surface area contributed by atoms with Gasteiger partial charge in [-0.3, -0.25) is 0 Å². The molecule has 0 bridgehead atoms. The summed E-state index contributed by atoms with van der Waals surface area (Å²) in [6.07, 6.45) is 11.1. The van der Waals surface area contributed by atoms with Crippen molar-refractivity contribution in [3.63, 3.8) is 0 Å². The van der Waals surface area contributed by atoms with E-state index in [-0.39, 0.29) is 0 Å². The van der Waals surface area contributed by atoms with E-state index in [4.69, 9.17) is 5.73 Å². The summed E-state index contributed by atoms with van der Waals surface area (Å²) in [6, 6.07) is 0. The lowest BCUT2D eigenvalue weighted by Crippen LogP contribution is -2.49.